The Bertz CT molecular complexity index is 446. The van der Waals surface area contributed by atoms with Crippen molar-refractivity contribution in [1.82, 2.24) is 5.32 Å². The quantitative estimate of drug-likeness (QED) is 0.839. The number of alkyl halides is 2. The summed E-state index contributed by atoms with van der Waals surface area (Å²) in [6.07, 6.45) is 8.99. The van der Waals surface area contributed by atoms with Crippen LogP contribution in [0.15, 0.2) is 18.2 Å². The summed E-state index contributed by atoms with van der Waals surface area (Å²) in [5.41, 5.74) is 1.01. The molecule has 0 atom stereocenters. The lowest BCUT2D eigenvalue weighted by molar-refractivity contribution is -0.0512. The van der Waals surface area contributed by atoms with Gasteiger partial charge in [-0.2, -0.15) is 8.78 Å². The number of nitrogens with one attached hydrogen (secondary N) is 1. The molecule has 1 saturated carbocycles. The lowest BCUT2D eigenvalue weighted by Crippen LogP contribution is -2.29. The van der Waals surface area contributed by atoms with E-state index in [0.29, 0.717) is 11.8 Å². The van der Waals surface area contributed by atoms with Crippen LogP contribution in [0.25, 0.3) is 0 Å². The maximum Gasteiger partial charge on any atom is 0.387 e. The molecular formula is C17H25F2NO2. The second-order valence-electron chi connectivity index (χ2n) is 5.79. The van der Waals surface area contributed by atoms with Crippen LogP contribution in [0.1, 0.15) is 50.5 Å². The zero-order valence-corrected chi connectivity index (χ0v) is 13.1. The van der Waals surface area contributed by atoms with Gasteiger partial charge in [-0.1, -0.05) is 38.2 Å². The molecule has 124 valence electrons. The minimum absolute atomic E-state index is 0.0761. The Balaban J connectivity index is 1.91. The number of hydrogen-bond donors (Lipinski definition) is 1. The van der Waals surface area contributed by atoms with Crippen LogP contribution in [0, 0.1) is 0 Å². The number of benzene rings is 1. The van der Waals surface area contributed by atoms with Gasteiger partial charge in [-0.05, 0) is 30.5 Å². The summed E-state index contributed by atoms with van der Waals surface area (Å²) in [6, 6.07) is 5.65. The molecule has 1 aromatic rings. The van der Waals surface area contributed by atoms with E-state index in [0.717, 1.165) is 12.1 Å². The van der Waals surface area contributed by atoms with Gasteiger partial charge in [0.25, 0.3) is 0 Å². The molecule has 2 rings (SSSR count). The van der Waals surface area contributed by atoms with Crippen LogP contribution in [0.4, 0.5) is 8.78 Å². The third kappa shape index (κ3) is 5.44. The molecule has 3 nitrogen and oxygen atoms in total. The first-order chi connectivity index (χ1) is 10.7. The molecule has 0 saturated heterocycles. The van der Waals surface area contributed by atoms with Gasteiger partial charge in [0.2, 0.25) is 0 Å². The Morgan fingerprint density at radius 2 is 1.77 bits per heavy atom. The van der Waals surface area contributed by atoms with Crippen molar-refractivity contribution < 1.29 is 18.3 Å². The summed E-state index contributed by atoms with van der Waals surface area (Å²) in [5.74, 6) is 0.421. The van der Waals surface area contributed by atoms with Gasteiger partial charge in [0.1, 0.15) is 0 Å². The number of halogens is 2. The lowest BCUT2D eigenvalue weighted by Gasteiger charge is -2.21. The van der Waals surface area contributed by atoms with E-state index in [1.54, 1.807) is 18.2 Å². The van der Waals surface area contributed by atoms with E-state index in [9.17, 15) is 8.78 Å². The van der Waals surface area contributed by atoms with Crippen LogP contribution in [0.2, 0.25) is 0 Å². The van der Waals surface area contributed by atoms with Gasteiger partial charge < -0.3 is 14.8 Å². The standard InChI is InChI=1S/C17H25F2NO2/c1-21-16-11-13(9-10-15(16)22-17(18)19)12-20-14-7-5-3-2-4-6-8-14/h9-11,14,17,20H,2-8,12H2,1H3. The van der Waals surface area contributed by atoms with Crippen molar-refractivity contribution in [3.8, 4) is 11.5 Å². The Hall–Kier alpha value is -1.36. The average Bonchev–Trinajstić information content (AvgIpc) is 2.46. The molecule has 22 heavy (non-hydrogen) atoms. The maximum absolute atomic E-state index is 12.3. The van der Waals surface area contributed by atoms with Gasteiger partial charge in [-0.25, -0.2) is 0 Å². The molecule has 0 heterocycles. The molecule has 1 aromatic carbocycles. The van der Waals surface area contributed by atoms with Crippen molar-refractivity contribution in [3.63, 3.8) is 0 Å². The molecule has 1 N–H and O–H groups in total. The van der Waals surface area contributed by atoms with E-state index in [2.05, 4.69) is 10.1 Å². The van der Waals surface area contributed by atoms with Gasteiger partial charge in [0, 0.05) is 12.6 Å². The van der Waals surface area contributed by atoms with Crippen molar-refractivity contribution in [3.05, 3.63) is 23.8 Å². The van der Waals surface area contributed by atoms with Gasteiger partial charge in [-0.15, -0.1) is 0 Å². The number of rotatable bonds is 6. The van der Waals surface area contributed by atoms with E-state index >= 15 is 0 Å². The molecule has 5 heteroatoms. The molecular weight excluding hydrogens is 288 g/mol. The second kappa shape index (κ2) is 8.93. The highest BCUT2D eigenvalue weighted by Crippen LogP contribution is 2.29. The Labute approximate surface area is 131 Å². The first-order valence-corrected chi connectivity index (χ1v) is 8.04. The molecule has 0 aliphatic heterocycles. The van der Waals surface area contributed by atoms with Crippen LogP contribution in [0.5, 0.6) is 11.5 Å². The van der Waals surface area contributed by atoms with Crippen molar-refractivity contribution in [2.75, 3.05) is 7.11 Å². The van der Waals surface area contributed by atoms with Crippen LogP contribution in [0.3, 0.4) is 0 Å². The summed E-state index contributed by atoms with van der Waals surface area (Å²) in [6.45, 7) is -2.12. The molecule has 0 unspecified atom stereocenters. The normalized spacial score (nSPS) is 17.1. The molecule has 0 radical (unpaired) electrons. The van der Waals surface area contributed by atoms with E-state index in [-0.39, 0.29) is 5.75 Å². The Morgan fingerprint density at radius 3 is 2.41 bits per heavy atom. The van der Waals surface area contributed by atoms with Crippen molar-refractivity contribution in [1.29, 1.82) is 0 Å². The van der Waals surface area contributed by atoms with E-state index in [1.807, 2.05) is 0 Å². The van der Waals surface area contributed by atoms with Crippen LogP contribution in [-0.2, 0) is 6.54 Å². The van der Waals surface area contributed by atoms with Crippen molar-refractivity contribution in [2.24, 2.45) is 0 Å². The maximum atomic E-state index is 12.3. The summed E-state index contributed by atoms with van der Waals surface area (Å²) in [4.78, 5) is 0. The predicted octanol–water partition coefficient (Wildman–Crippen LogP) is 4.50. The molecule has 0 amide bonds. The molecule has 0 aromatic heterocycles. The first kappa shape index (κ1) is 17.0. The monoisotopic (exact) mass is 313 g/mol. The summed E-state index contributed by atoms with van der Waals surface area (Å²) < 4.78 is 34.2. The fourth-order valence-corrected chi connectivity index (χ4v) is 2.94. The fraction of sp³-hybridized carbons (Fsp3) is 0.647. The summed E-state index contributed by atoms with van der Waals surface area (Å²) in [5, 5.41) is 3.57. The fourth-order valence-electron chi connectivity index (χ4n) is 2.94. The van der Waals surface area contributed by atoms with Gasteiger partial charge >= 0.3 is 6.61 Å². The van der Waals surface area contributed by atoms with Crippen LogP contribution < -0.4 is 14.8 Å². The summed E-state index contributed by atoms with van der Waals surface area (Å²) >= 11 is 0. The van der Waals surface area contributed by atoms with Crippen LogP contribution in [-0.4, -0.2) is 19.8 Å². The number of hydrogen-bond acceptors (Lipinski definition) is 3. The zero-order chi connectivity index (χ0) is 15.8. The third-order valence-corrected chi connectivity index (χ3v) is 4.14. The van der Waals surface area contributed by atoms with E-state index in [1.165, 1.54) is 52.1 Å². The molecule has 0 spiro atoms. The number of methoxy groups -OCH3 is 1. The van der Waals surface area contributed by atoms with E-state index < -0.39 is 6.61 Å². The smallest absolute Gasteiger partial charge is 0.387 e. The van der Waals surface area contributed by atoms with Crippen molar-refractivity contribution in [2.45, 2.75) is 64.1 Å². The number of ether oxygens (including phenoxy) is 2. The minimum atomic E-state index is -2.84. The van der Waals surface area contributed by atoms with Crippen LogP contribution >= 0.6 is 0 Å². The largest absolute Gasteiger partial charge is 0.493 e. The lowest BCUT2D eigenvalue weighted by atomic mass is 9.96. The highest BCUT2D eigenvalue weighted by Gasteiger charge is 2.13. The first-order valence-electron chi connectivity index (χ1n) is 8.04. The van der Waals surface area contributed by atoms with Gasteiger partial charge in [0.15, 0.2) is 11.5 Å². The van der Waals surface area contributed by atoms with Crippen molar-refractivity contribution >= 4 is 0 Å². The molecule has 1 fully saturated rings. The van der Waals surface area contributed by atoms with Gasteiger partial charge in [0.05, 0.1) is 7.11 Å². The SMILES string of the molecule is COc1cc(CNC2CCCCCCC2)ccc1OC(F)F. The Kier molecular flexibility index (Phi) is 6.90. The molecule has 0 bridgehead atoms. The second-order valence-corrected chi connectivity index (χ2v) is 5.79. The van der Waals surface area contributed by atoms with Gasteiger partial charge in [-0.3, -0.25) is 0 Å². The van der Waals surface area contributed by atoms with E-state index in [4.69, 9.17) is 4.74 Å². The third-order valence-electron chi connectivity index (χ3n) is 4.14. The zero-order valence-electron chi connectivity index (χ0n) is 13.1. The average molecular weight is 313 g/mol. The molecule has 1 aliphatic carbocycles. The minimum Gasteiger partial charge on any atom is -0.493 e. The molecule has 1 aliphatic rings. The highest BCUT2D eigenvalue weighted by atomic mass is 19.3. The Morgan fingerprint density at radius 1 is 1.09 bits per heavy atom. The topological polar surface area (TPSA) is 30.5 Å². The highest BCUT2D eigenvalue weighted by molar-refractivity contribution is 5.43. The summed E-state index contributed by atoms with van der Waals surface area (Å²) in [7, 11) is 1.46. The predicted molar refractivity (Wildman–Crippen MR) is 82.6 cm³/mol.